The van der Waals surface area contributed by atoms with Crippen molar-refractivity contribution in [2.24, 2.45) is 0 Å². The molecule has 7 heteroatoms. The van der Waals surface area contributed by atoms with E-state index in [9.17, 15) is 4.39 Å². The third-order valence-electron chi connectivity index (χ3n) is 4.73. The largest absolute Gasteiger partial charge is 0.495 e. The maximum absolute atomic E-state index is 13.0. The molecule has 0 atom stereocenters. The van der Waals surface area contributed by atoms with Gasteiger partial charge < -0.3 is 9.30 Å². The highest BCUT2D eigenvalue weighted by atomic mass is 19.1. The van der Waals surface area contributed by atoms with Gasteiger partial charge in [0.2, 0.25) is 0 Å². The molecule has 0 saturated heterocycles. The third-order valence-corrected chi connectivity index (χ3v) is 4.73. The maximum Gasteiger partial charge on any atom is 0.173 e. The Morgan fingerprint density at radius 3 is 2.67 bits per heavy atom. The van der Waals surface area contributed by atoms with E-state index in [4.69, 9.17) is 4.74 Å². The Balaban J connectivity index is 1.43. The number of H-pyrrole nitrogens is 1. The fourth-order valence-corrected chi connectivity index (χ4v) is 3.15. The predicted molar refractivity (Wildman–Crippen MR) is 114 cm³/mol. The zero-order valence-corrected chi connectivity index (χ0v) is 16.8. The van der Waals surface area contributed by atoms with E-state index >= 15 is 0 Å². The van der Waals surface area contributed by atoms with Crippen molar-refractivity contribution < 1.29 is 9.13 Å². The van der Waals surface area contributed by atoms with Crippen LogP contribution in [0.2, 0.25) is 0 Å². The van der Waals surface area contributed by atoms with E-state index in [0.29, 0.717) is 12.2 Å². The van der Waals surface area contributed by atoms with Gasteiger partial charge in [-0.15, -0.1) is 0 Å². The molecule has 0 aliphatic rings. The maximum atomic E-state index is 13.0. The van der Waals surface area contributed by atoms with Crippen molar-refractivity contribution in [1.29, 1.82) is 0 Å². The highest BCUT2D eigenvalue weighted by Gasteiger charge is 2.07. The Bertz CT molecular complexity index is 1160. The van der Waals surface area contributed by atoms with Crippen LogP contribution in [0.3, 0.4) is 0 Å². The van der Waals surface area contributed by atoms with Crippen LogP contribution in [0.5, 0.6) is 5.75 Å². The second-order valence-corrected chi connectivity index (χ2v) is 6.95. The van der Waals surface area contributed by atoms with Crippen LogP contribution in [0.4, 0.5) is 4.39 Å². The number of rotatable bonds is 7. The molecular formula is C23H22FN5O. The van der Waals surface area contributed by atoms with Crippen molar-refractivity contribution in [2.45, 2.75) is 19.8 Å². The van der Waals surface area contributed by atoms with Gasteiger partial charge in [0.1, 0.15) is 17.4 Å². The summed E-state index contributed by atoms with van der Waals surface area (Å²) in [5.41, 5.74) is 3.91. The number of hydrogen-bond donors (Lipinski definition) is 1. The fourth-order valence-electron chi connectivity index (χ4n) is 3.15. The first kappa shape index (κ1) is 19.6. The van der Waals surface area contributed by atoms with Gasteiger partial charge in [-0.05, 0) is 54.8 Å². The summed E-state index contributed by atoms with van der Waals surface area (Å²) in [6.07, 6.45) is 8.99. The minimum atomic E-state index is -0.226. The van der Waals surface area contributed by atoms with Crippen LogP contribution >= 0.6 is 0 Å². The fraction of sp³-hybridized carbons (Fsp3) is 0.174. The Kier molecular flexibility index (Phi) is 5.70. The summed E-state index contributed by atoms with van der Waals surface area (Å²) in [6.45, 7) is 1.95. The van der Waals surface area contributed by atoms with Crippen LogP contribution < -0.4 is 4.74 Å². The number of nitrogens with one attached hydrogen (secondary N) is 1. The van der Waals surface area contributed by atoms with E-state index in [1.54, 1.807) is 25.6 Å². The highest BCUT2D eigenvalue weighted by Crippen LogP contribution is 2.25. The lowest BCUT2D eigenvalue weighted by Crippen LogP contribution is -1.95. The number of ether oxygens (including phenoxy) is 1. The summed E-state index contributed by atoms with van der Waals surface area (Å²) < 4.78 is 20.5. The molecule has 0 fully saturated rings. The van der Waals surface area contributed by atoms with Crippen LogP contribution in [-0.2, 0) is 12.8 Å². The Hall–Kier alpha value is -3.74. The van der Waals surface area contributed by atoms with Gasteiger partial charge in [-0.2, -0.15) is 5.10 Å². The van der Waals surface area contributed by atoms with Crippen LogP contribution in [0.1, 0.15) is 28.5 Å². The lowest BCUT2D eigenvalue weighted by molar-refractivity contribution is 0.413. The average Bonchev–Trinajstić information content (AvgIpc) is 3.40. The minimum absolute atomic E-state index is 0.226. The molecule has 4 aromatic rings. The summed E-state index contributed by atoms with van der Waals surface area (Å²) in [4.78, 5) is 8.76. The second kappa shape index (κ2) is 8.73. The molecule has 0 bridgehead atoms. The molecule has 0 aliphatic heterocycles. The van der Waals surface area contributed by atoms with E-state index in [-0.39, 0.29) is 5.82 Å². The number of hydrogen-bond acceptors (Lipinski definition) is 4. The molecule has 0 radical (unpaired) electrons. The molecule has 0 spiro atoms. The molecule has 4 rings (SSSR count). The van der Waals surface area contributed by atoms with Gasteiger partial charge in [0.15, 0.2) is 5.82 Å². The van der Waals surface area contributed by atoms with Crippen molar-refractivity contribution in [3.05, 3.63) is 89.3 Å². The first-order chi connectivity index (χ1) is 14.6. The standard InChI is InChI=1S/C23H22FN5O/c1-16-14-29(15-25-16)20-10-5-18(13-21(20)30-2)7-12-23-26-22(27-28-23)11-6-17-3-8-19(24)9-4-17/h3-5,7-10,12-15H,6,11H2,1-2H3,(H,26,27,28). The number of imidazole rings is 1. The zero-order chi connectivity index (χ0) is 20.9. The molecule has 2 heterocycles. The molecule has 0 aliphatic carbocycles. The molecule has 1 N–H and O–H groups in total. The number of halogens is 1. The smallest absolute Gasteiger partial charge is 0.173 e. The number of aromatic nitrogens is 5. The number of aromatic amines is 1. The summed E-state index contributed by atoms with van der Waals surface area (Å²) in [5, 5.41) is 7.20. The number of nitrogens with zero attached hydrogens (tertiary/aromatic N) is 4. The van der Waals surface area contributed by atoms with Gasteiger partial charge in [0, 0.05) is 12.6 Å². The van der Waals surface area contributed by atoms with Gasteiger partial charge in [-0.1, -0.05) is 24.3 Å². The van der Waals surface area contributed by atoms with E-state index in [1.165, 1.54) is 12.1 Å². The third kappa shape index (κ3) is 4.63. The number of methoxy groups -OCH3 is 1. The van der Waals surface area contributed by atoms with Crippen molar-refractivity contribution in [3.8, 4) is 11.4 Å². The summed E-state index contributed by atoms with van der Waals surface area (Å²) >= 11 is 0. The van der Waals surface area contributed by atoms with E-state index in [2.05, 4.69) is 20.2 Å². The summed E-state index contributed by atoms with van der Waals surface area (Å²) in [6, 6.07) is 12.5. The number of aryl methyl sites for hydroxylation is 3. The molecule has 0 unspecified atom stereocenters. The monoisotopic (exact) mass is 403 g/mol. The first-order valence-corrected chi connectivity index (χ1v) is 9.63. The van der Waals surface area contributed by atoms with Gasteiger partial charge in [0.25, 0.3) is 0 Å². The Morgan fingerprint density at radius 1 is 1.10 bits per heavy atom. The summed E-state index contributed by atoms with van der Waals surface area (Å²) in [5.74, 6) is 1.93. The zero-order valence-electron chi connectivity index (χ0n) is 16.8. The number of benzene rings is 2. The lowest BCUT2D eigenvalue weighted by Gasteiger charge is -2.09. The van der Waals surface area contributed by atoms with Crippen LogP contribution in [0, 0.1) is 12.7 Å². The van der Waals surface area contributed by atoms with Gasteiger partial charge in [-0.25, -0.2) is 14.4 Å². The van der Waals surface area contributed by atoms with Gasteiger partial charge >= 0.3 is 0 Å². The molecule has 6 nitrogen and oxygen atoms in total. The van der Waals surface area contributed by atoms with E-state index in [1.807, 2.05) is 48.0 Å². The van der Waals surface area contributed by atoms with Crippen molar-refractivity contribution in [2.75, 3.05) is 7.11 Å². The minimum Gasteiger partial charge on any atom is -0.495 e. The normalized spacial score (nSPS) is 11.3. The van der Waals surface area contributed by atoms with Crippen LogP contribution in [-0.4, -0.2) is 31.8 Å². The molecule has 0 amide bonds. The topological polar surface area (TPSA) is 68.6 Å². The van der Waals surface area contributed by atoms with Gasteiger partial charge in [-0.3, -0.25) is 5.10 Å². The molecule has 0 saturated carbocycles. The van der Waals surface area contributed by atoms with Crippen LogP contribution in [0.15, 0.2) is 55.0 Å². The summed E-state index contributed by atoms with van der Waals surface area (Å²) in [7, 11) is 1.65. The van der Waals surface area contributed by atoms with Crippen LogP contribution in [0.25, 0.3) is 17.8 Å². The quantitative estimate of drug-likeness (QED) is 0.497. The van der Waals surface area contributed by atoms with Crippen molar-refractivity contribution in [3.63, 3.8) is 0 Å². The molecule has 152 valence electrons. The van der Waals surface area contributed by atoms with Gasteiger partial charge in [0.05, 0.1) is 24.8 Å². The average molecular weight is 403 g/mol. The SMILES string of the molecule is COc1cc(C=Cc2n[nH]c(CCc3ccc(F)cc3)n2)ccc1-n1cnc(C)c1. The van der Waals surface area contributed by atoms with Crippen molar-refractivity contribution in [1.82, 2.24) is 24.7 Å². The van der Waals surface area contributed by atoms with Crippen molar-refractivity contribution >= 4 is 12.2 Å². The highest BCUT2D eigenvalue weighted by molar-refractivity contribution is 5.69. The Morgan fingerprint density at radius 2 is 1.93 bits per heavy atom. The molecule has 30 heavy (non-hydrogen) atoms. The van der Waals surface area contributed by atoms with E-state index < -0.39 is 0 Å². The molecular weight excluding hydrogens is 381 g/mol. The Labute approximate surface area is 174 Å². The second-order valence-electron chi connectivity index (χ2n) is 6.95. The van der Waals surface area contributed by atoms with E-state index in [0.717, 1.165) is 40.5 Å². The molecule has 2 aromatic heterocycles. The lowest BCUT2D eigenvalue weighted by atomic mass is 10.1. The molecule has 2 aromatic carbocycles. The predicted octanol–water partition coefficient (Wildman–Crippen LogP) is 4.40. The first-order valence-electron chi connectivity index (χ1n) is 9.63.